The minimum atomic E-state index is -2.31. The van der Waals surface area contributed by atoms with E-state index in [1.165, 1.54) is 18.2 Å². The SMILES string of the molecule is OC(O)(Cc1cccc(F)c1)O[Si]. The normalized spacial score (nSPS) is 11.7. The molecule has 69 valence electrons. The molecule has 0 fully saturated rings. The highest BCUT2D eigenvalue weighted by Crippen LogP contribution is 2.12. The Hall–Kier alpha value is -0.753. The fourth-order valence-corrected chi connectivity index (χ4v) is 1.02. The zero-order valence-electron chi connectivity index (χ0n) is 6.70. The van der Waals surface area contributed by atoms with Crippen LogP contribution in [0.1, 0.15) is 5.56 Å². The second-order valence-corrected chi connectivity index (χ2v) is 2.86. The van der Waals surface area contributed by atoms with Crippen LogP contribution in [0.3, 0.4) is 0 Å². The summed E-state index contributed by atoms with van der Waals surface area (Å²) in [5.74, 6) is -2.74. The summed E-state index contributed by atoms with van der Waals surface area (Å²) in [7, 11) is 2.50. The van der Waals surface area contributed by atoms with Crippen molar-refractivity contribution in [2.75, 3.05) is 0 Å². The maximum absolute atomic E-state index is 12.6. The third-order valence-corrected chi connectivity index (χ3v) is 1.81. The van der Waals surface area contributed by atoms with Crippen molar-refractivity contribution in [3.63, 3.8) is 0 Å². The second kappa shape index (κ2) is 3.97. The number of halogens is 1. The van der Waals surface area contributed by atoms with E-state index >= 15 is 0 Å². The van der Waals surface area contributed by atoms with Gasteiger partial charge in [-0.3, -0.25) is 0 Å². The predicted octanol–water partition coefficient (Wildman–Crippen LogP) is 0.107. The van der Waals surface area contributed by atoms with Crippen molar-refractivity contribution in [3.05, 3.63) is 35.6 Å². The number of benzene rings is 1. The van der Waals surface area contributed by atoms with Crippen LogP contribution in [0.2, 0.25) is 0 Å². The molecule has 0 bridgehead atoms. The van der Waals surface area contributed by atoms with Crippen molar-refractivity contribution in [1.82, 2.24) is 0 Å². The van der Waals surface area contributed by atoms with Crippen molar-refractivity contribution in [3.8, 4) is 0 Å². The first kappa shape index (κ1) is 10.3. The molecule has 0 aromatic heterocycles. The van der Waals surface area contributed by atoms with Crippen LogP contribution in [-0.4, -0.2) is 26.7 Å². The number of hydrogen-bond donors (Lipinski definition) is 2. The summed E-state index contributed by atoms with van der Waals surface area (Å²) in [4.78, 5) is 0. The molecule has 0 amide bonds. The first-order chi connectivity index (χ1) is 6.03. The predicted molar refractivity (Wildman–Crippen MR) is 44.1 cm³/mol. The molecule has 0 aliphatic rings. The Morgan fingerprint density at radius 3 is 2.69 bits per heavy atom. The molecule has 5 heteroatoms. The van der Waals surface area contributed by atoms with E-state index in [9.17, 15) is 4.39 Å². The van der Waals surface area contributed by atoms with Gasteiger partial charge in [0, 0.05) is 0 Å². The minimum Gasteiger partial charge on any atom is -0.371 e. The Labute approximate surface area is 78.3 Å². The summed E-state index contributed by atoms with van der Waals surface area (Å²) in [5, 5.41) is 18.1. The Kier molecular flexibility index (Phi) is 3.15. The van der Waals surface area contributed by atoms with Gasteiger partial charge in [-0.1, -0.05) is 12.1 Å². The highest BCUT2D eigenvalue weighted by atomic mass is 28.2. The molecule has 1 aromatic carbocycles. The lowest BCUT2D eigenvalue weighted by molar-refractivity contribution is -0.289. The third-order valence-electron chi connectivity index (χ3n) is 1.49. The van der Waals surface area contributed by atoms with E-state index in [2.05, 4.69) is 14.9 Å². The minimum absolute atomic E-state index is 0.214. The van der Waals surface area contributed by atoms with Crippen LogP contribution in [0.5, 0.6) is 0 Å². The molecule has 0 saturated carbocycles. The van der Waals surface area contributed by atoms with Crippen LogP contribution in [0, 0.1) is 5.82 Å². The van der Waals surface area contributed by atoms with Gasteiger partial charge in [0.2, 0.25) is 0 Å². The molecule has 0 atom stereocenters. The lowest BCUT2D eigenvalue weighted by Crippen LogP contribution is -2.33. The van der Waals surface area contributed by atoms with Crippen molar-refractivity contribution < 1.29 is 19.0 Å². The summed E-state index contributed by atoms with van der Waals surface area (Å²) in [5.41, 5.74) is 0.434. The van der Waals surface area contributed by atoms with Gasteiger partial charge in [0.1, 0.15) is 5.82 Å². The largest absolute Gasteiger partial charge is 0.371 e. The number of aliphatic hydroxyl groups is 2. The van der Waals surface area contributed by atoms with E-state index in [0.29, 0.717) is 5.56 Å². The van der Waals surface area contributed by atoms with Gasteiger partial charge in [-0.25, -0.2) is 4.39 Å². The maximum atomic E-state index is 12.6. The number of hydrogen-bond acceptors (Lipinski definition) is 3. The highest BCUT2D eigenvalue weighted by Gasteiger charge is 2.22. The van der Waals surface area contributed by atoms with Crippen LogP contribution in [0.4, 0.5) is 4.39 Å². The molecule has 13 heavy (non-hydrogen) atoms. The zero-order valence-corrected chi connectivity index (χ0v) is 7.70. The molecule has 3 nitrogen and oxygen atoms in total. The molecule has 0 saturated heterocycles. The quantitative estimate of drug-likeness (QED) is 0.536. The van der Waals surface area contributed by atoms with E-state index in [1.807, 2.05) is 0 Å². The van der Waals surface area contributed by atoms with Gasteiger partial charge in [0.05, 0.1) is 6.42 Å². The lowest BCUT2D eigenvalue weighted by atomic mass is 10.1. The van der Waals surface area contributed by atoms with Crippen molar-refractivity contribution in [2.45, 2.75) is 12.4 Å². The van der Waals surface area contributed by atoms with E-state index < -0.39 is 11.8 Å². The molecular weight excluding hydrogens is 191 g/mol. The lowest BCUT2D eigenvalue weighted by Gasteiger charge is -2.19. The van der Waals surface area contributed by atoms with Gasteiger partial charge < -0.3 is 14.6 Å². The average molecular weight is 199 g/mol. The van der Waals surface area contributed by atoms with Crippen molar-refractivity contribution in [2.24, 2.45) is 0 Å². The fraction of sp³-hybridized carbons (Fsp3) is 0.250. The van der Waals surface area contributed by atoms with E-state index in [0.717, 1.165) is 0 Å². The molecule has 3 radical (unpaired) electrons. The molecular formula is C8H8FO3Si. The Morgan fingerprint density at radius 1 is 1.46 bits per heavy atom. The van der Waals surface area contributed by atoms with E-state index in [-0.39, 0.29) is 6.42 Å². The van der Waals surface area contributed by atoms with Gasteiger partial charge in [-0.2, -0.15) is 0 Å². The molecule has 0 aliphatic carbocycles. The van der Waals surface area contributed by atoms with Crippen molar-refractivity contribution >= 4 is 10.5 Å². The molecule has 0 aliphatic heterocycles. The molecule has 2 N–H and O–H groups in total. The first-order valence-electron chi connectivity index (χ1n) is 3.57. The van der Waals surface area contributed by atoms with Crippen LogP contribution in [-0.2, 0) is 10.8 Å². The molecule has 0 spiro atoms. The first-order valence-corrected chi connectivity index (χ1v) is 3.98. The summed E-state index contributed by atoms with van der Waals surface area (Å²) in [6.45, 7) is 0. The zero-order chi connectivity index (χ0) is 9.90. The van der Waals surface area contributed by atoms with E-state index in [4.69, 9.17) is 10.2 Å². The summed E-state index contributed by atoms with van der Waals surface area (Å²) in [6.07, 6.45) is -0.214. The summed E-state index contributed by atoms with van der Waals surface area (Å²) < 4.78 is 16.8. The molecule has 0 unspecified atom stereocenters. The Bertz CT molecular complexity index is 290. The number of rotatable bonds is 3. The summed E-state index contributed by atoms with van der Waals surface area (Å²) >= 11 is 0. The molecule has 1 rings (SSSR count). The molecule has 1 aromatic rings. The highest BCUT2D eigenvalue weighted by molar-refractivity contribution is 5.98. The smallest absolute Gasteiger partial charge is 0.272 e. The van der Waals surface area contributed by atoms with Gasteiger partial charge in [0.25, 0.3) is 16.5 Å². The van der Waals surface area contributed by atoms with Crippen LogP contribution in [0.15, 0.2) is 24.3 Å². The Morgan fingerprint density at radius 2 is 2.15 bits per heavy atom. The average Bonchev–Trinajstić information content (AvgIpc) is 2.03. The van der Waals surface area contributed by atoms with Crippen LogP contribution < -0.4 is 0 Å². The maximum Gasteiger partial charge on any atom is 0.272 e. The molecule has 0 heterocycles. The monoisotopic (exact) mass is 199 g/mol. The van der Waals surface area contributed by atoms with E-state index in [1.54, 1.807) is 6.07 Å². The van der Waals surface area contributed by atoms with Gasteiger partial charge in [-0.05, 0) is 17.7 Å². The Balaban J connectivity index is 2.74. The van der Waals surface area contributed by atoms with Gasteiger partial charge in [-0.15, -0.1) is 0 Å². The van der Waals surface area contributed by atoms with Crippen molar-refractivity contribution in [1.29, 1.82) is 0 Å². The fourth-order valence-electron chi connectivity index (χ4n) is 0.949. The van der Waals surface area contributed by atoms with Crippen LogP contribution in [0.25, 0.3) is 0 Å². The topological polar surface area (TPSA) is 49.7 Å². The standard InChI is InChI=1S/C8H8FO3Si/c9-7-3-1-2-6(4-7)5-8(10,11)12-13/h1-4,10-11H,5H2. The third kappa shape index (κ3) is 3.23. The second-order valence-electron chi connectivity index (χ2n) is 2.65. The van der Waals surface area contributed by atoms with Gasteiger partial charge in [0.15, 0.2) is 0 Å². The van der Waals surface area contributed by atoms with Gasteiger partial charge >= 0.3 is 0 Å². The van der Waals surface area contributed by atoms with Crippen LogP contribution >= 0.6 is 0 Å². The summed E-state index contributed by atoms with van der Waals surface area (Å²) in [6, 6.07) is 5.52.